The van der Waals surface area contributed by atoms with Crippen LogP contribution in [0.2, 0.25) is 0 Å². The van der Waals surface area contributed by atoms with Crippen molar-refractivity contribution in [2.75, 3.05) is 6.54 Å². The summed E-state index contributed by atoms with van der Waals surface area (Å²) in [5, 5.41) is 14.4. The maximum absolute atomic E-state index is 11.2. The van der Waals surface area contributed by atoms with Crippen LogP contribution in [-0.4, -0.2) is 17.6 Å². The molecule has 1 aromatic heterocycles. The molecule has 0 bridgehead atoms. The minimum Gasteiger partial charge on any atom is -0.364 e. The van der Waals surface area contributed by atoms with Gasteiger partial charge in [0.1, 0.15) is 6.26 Å². The lowest BCUT2D eigenvalue weighted by molar-refractivity contribution is 0.0941. The molecule has 0 fully saturated rings. The van der Waals surface area contributed by atoms with Crippen molar-refractivity contribution in [1.82, 2.24) is 10.5 Å². The van der Waals surface area contributed by atoms with E-state index in [4.69, 9.17) is 5.26 Å². The highest BCUT2D eigenvalue weighted by Gasteiger charge is 2.09. The molecule has 0 aliphatic carbocycles. The Kier molecular flexibility index (Phi) is 3.03. The predicted molar refractivity (Wildman–Crippen MR) is 43.6 cm³/mol. The first-order valence-corrected chi connectivity index (χ1v) is 3.82. The number of carbonyl (C=O) groups is 1. The molecule has 1 amide bonds. The minimum atomic E-state index is -0.323. The Labute approximate surface area is 75.3 Å². The molecule has 1 N–H and O–H groups in total. The van der Waals surface area contributed by atoms with Gasteiger partial charge >= 0.3 is 0 Å². The second-order valence-electron chi connectivity index (χ2n) is 2.62. The molecule has 68 valence electrons. The Morgan fingerprint density at radius 1 is 1.92 bits per heavy atom. The standard InChI is InChI=1S/C8H9N3O2/c1-6(4-9)5-10-8(12)7-2-3-13-11-7/h2-3,6H,5H2,1H3,(H,10,12). The number of nitrogens with one attached hydrogen (secondary N) is 1. The molecular formula is C8H9N3O2. The minimum absolute atomic E-state index is 0.198. The van der Waals surface area contributed by atoms with Crippen molar-refractivity contribution < 1.29 is 9.32 Å². The zero-order valence-corrected chi connectivity index (χ0v) is 7.15. The zero-order chi connectivity index (χ0) is 9.68. The van der Waals surface area contributed by atoms with Gasteiger partial charge in [-0.3, -0.25) is 4.79 Å². The molecule has 0 saturated carbocycles. The van der Waals surface area contributed by atoms with E-state index >= 15 is 0 Å². The largest absolute Gasteiger partial charge is 0.364 e. The van der Waals surface area contributed by atoms with Crippen LogP contribution in [0.4, 0.5) is 0 Å². The number of rotatable bonds is 3. The first-order valence-electron chi connectivity index (χ1n) is 3.82. The molecular weight excluding hydrogens is 170 g/mol. The smallest absolute Gasteiger partial charge is 0.273 e. The summed E-state index contributed by atoms with van der Waals surface area (Å²) in [4.78, 5) is 11.2. The molecule has 0 spiro atoms. The van der Waals surface area contributed by atoms with E-state index in [9.17, 15) is 4.79 Å². The monoisotopic (exact) mass is 179 g/mol. The molecule has 13 heavy (non-hydrogen) atoms. The van der Waals surface area contributed by atoms with Crippen molar-refractivity contribution in [3.8, 4) is 6.07 Å². The molecule has 1 unspecified atom stereocenters. The summed E-state index contributed by atoms with van der Waals surface area (Å²) >= 11 is 0. The fraction of sp³-hybridized carbons (Fsp3) is 0.375. The number of amides is 1. The number of hydrogen-bond acceptors (Lipinski definition) is 4. The van der Waals surface area contributed by atoms with Crippen molar-refractivity contribution >= 4 is 5.91 Å². The van der Waals surface area contributed by atoms with Crippen molar-refractivity contribution in [2.45, 2.75) is 6.92 Å². The highest BCUT2D eigenvalue weighted by Crippen LogP contribution is 1.95. The fourth-order valence-corrected chi connectivity index (χ4v) is 0.712. The zero-order valence-electron chi connectivity index (χ0n) is 7.15. The Morgan fingerprint density at radius 3 is 3.23 bits per heavy atom. The molecule has 5 heteroatoms. The van der Waals surface area contributed by atoms with E-state index < -0.39 is 0 Å². The summed E-state index contributed by atoms with van der Waals surface area (Å²) in [6.45, 7) is 2.05. The highest BCUT2D eigenvalue weighted by atomic mass is 16.5. The summed E-state index contributed by atoms with van der Waals surface area (Å²) in [6, 6.07) is 3.47. The summed E-state index contributed by atoms with van der Waals surface area (Å²) in [5.74, 6) is -0.522. The van der Waals surface area contributed by atoms with Gasteiger partial charge in [0.15, 0.2) is 5.69 Å². The van der Waals surface area contributed by atoms with Gasteiger partial charge in [-0.2, -0.15) is 5.26 Å². The van der Waals surface area contributed by atoms with Crippen LogP contribution in [0.15, 0.2) is 16.9 Å². The van der Waals surface area contributed by atoms with Crippen LogP contribution in [0, 0.1) is 17.2 Å². The van der Waals surface area contributed by atoms with Crippen LogP contribution in [0.25, 0.3) is 0 Å². The Balaban J connectivity index is 2.40. The van der Waals surface area contributed by atoms with Crippen molar-refractivity contribution in [1.29, 1.82) is 5.26 Å². The van der Waals surface area contributed by atoms with Gasteiger partial charge in [0.2, 0.25) is 0 Å². The van der Waals surface area contributed by atoms with Crippen molar-refractivity contribution in [3.05, 3.63) is 18.0 Å². The summed E-state index contributed by atoms with van der Waals surface area (Å²) < 4.78 is 4.49. The van der Waals surface area contributed by atoms with Gasteiger partial charge in [0.05, 0.1) is 12.0 Å². The lowest BCUT2D eigenvalue weighted by atomic mass is 10.2. The van der Waals surface area contributed by atoms with Crippen LogP contribution in [0.1, 0.15) is 17.4 Å². The molecule has 0 aliphatic heterocycles. The van der Waals surface area contributed by atoms with Gasteiger partial charge < -0.3 is 9.84 Å². The van der Waals surface area contributed by atoms with Crippen LogP contribution in [-0.2, 0) is 0 Å². The van der Waals surface area contributed by atoms with Gasteiger partial charge in [-0.25, -0.2) is 0 Å². The molecule has 1 rings (SSSR count). The van der Waals surface area contributed by atoms with E-state index in [2.05, 4.69) is 15.0 Å². The van der Waals surface area contributed by atoms with Crippen molar-refractivity contribution in [2.24, 2.45) is 5.92 Å². The van der Waals surface area contributed by atoms with E-state index in [1.165, 1.54) is 12.3 Å². The molecule has 1 heterocycles. The Bertz CT molecular complexity index is 313. The van der Waals surface area contributed by atoms with Crippen LogP contribution in [0.5, 0.6) is 0 Å². The Hall–Kier alpha value is -1.83. The molecule has 0 aliphatic rings. The fourth-order valence-electron chi connectivity index (χ4n) is 0.712. The molecule has 0 saturated heterocycles. The molecule has 0 radical (unpaired) electrons. The van der Waals surface area contributed by atoms with E-state index in [0.29, 0.717) is 6.54 Å². The molecule has 1 aromatic rings. The summed E-state index contributed by atoms with van der Waals surface area (Å²) in [6.07, 6.45) is 1.32. The third-order valence-electron chi connectivity index (χ3n) is 1.46. The normalized spacial score (nSPS) is 11.7. The van der Waals surface area contributed by atoms with Crippen LogP contribution < -0.4 is 5.32 Å². The average Bonchev–Trinajstić information content (AvgIpc) is 2.66. The SMILES string of the molecule is CC(C#N)CNC(=O)c1ccon1. The van der Waals surface area contributed by atoms with Gasteiger partial charge in [0, 0.05) is 12.6 Å². The van der Waals surface area contributed by atoms with Gasteiger partial charge in [-0.1, -0.05) is 5.16 Å². The number of carbonyl (C=O) groups excluding carboxylic acids is 1. The average molecular weight is 179 g/mol. The third-order valence-corrected chi connectivity index (χ3v) is 1.46. The predicted octanol–water partition coefficient (Wildman–Crippen LogP) is 0.564. The van der Waals surface area contributed by atoms with E-state index in [-0.39, 0.29) is 17.5 Å². The van der Waals surface area contributed by atoms with E-state index in [1.54, 1.807) is 6.92 Å². The van der Waals surface area contributed by atoms with E-state index in [0.717, 1.165) is 0 Å². The highest BCUT2D eigenvalue weighted by molar-refractivity contribution is 5.91. The summed E-state index contributed by atoms with van der Waals surface area (Å²) in [5.41, 5.74) is 0.227. The lowest BCUT2D eigenvalue weighted by Crippen LogP contribution is -2.27. The topological polar surface area (TPSA) is 78.9 Å². The second-order valence-corrected chi connectivity index (χ2v) is 2.62. The third kappa shape index (κ3) is 2.60. The number of aromatic nitrogens is 1. The number of hydrogen-bond donors (Lipinski definition) is 1. The first-order chi connectivity index (χ1) is 6.24. The van der Waals surface area contributed by atoms with Crippen LogP contribution >= 0.6 is 0 Å². The second kappa shape index (κ2) is 4.26. The Morgan fingerprint density at radius 2 is 2.69 bits per heavy atom. The number of nitrogens with zero attached hydrogens (tertiary/aromatic N) is 2. The van der Waals surface area contributed by atoms with Gasteiger partial charge in [0.25, 0.3) is 5.91 Å². The van der Waals surface area contributed by atoms with Crippen molar-refractivity contribution in [3.63, 3.8) is 0 Å². The summed E-state index contributed by atoms with van der Waals surface area (Å²) in [7, 11) is 0. The van der Waals surface area contributed by atoms with E-state index in [1.807, 2.05) is 6.07 Å². The lowest BCUT2D eigenvalue weighted by Gasteiger charge is -2.02. The molecule has 5 nitrogen and oxygen atoms in total. The quantitative estimate of drug-likeness (QED) is 0.735. The maximum Gasteiger partial charge on any atom is 0.273 e. The maximum atomic E-state index is 11.2. The molecule has 1 atom stereocenters. The number of nitriles is 1. The van der Waals surface area contributed by atoms with Gasteiger partial charge in [-0.05, 0) is 6.92 Å². The molecule has 0 aromatic carbocycles. The van der Waals surface area contributed by atoms with Gasteiger partial charge in [-0.15, -0.1) is 0 Å². The van der Waals surface area contributed by atoms with Crippen LogP contribution in [0.3, 0.4) is 0 Å². The first kappa shape index (κ1) is 9.26.